The third-order valence-corrected chi connectivity index (χ3v) is 3.66. The van der Waals surface area contributed by atoms with E-state index in [4.69, 9.17) is 4.74 Å². The van der Waals surface area contributed by atoms with Crippen LogP contribution in [0.1, 0.15) is 54.7 Å². The lowest BCUT2D eigenvalue weighted by Crippen LogP contribution is -2.33. The van der Waals surface area contributed by atoms with Crippen molar-refractivity contribution in [3.8, 4) is 0 Å². The van der Waals surface area contributed by atoms with Crippen LogP contribution in [0.3, 0.4) is 0 Å². The number of esters is 1. The second-order valence-corrected chi connectivity index (χ2v) is 5.97. The van der Waals surface area contributed by atoms with Gasteiger partial charge in [0.15, 0.2) is 0 Å². The van der Waals surface area contributed by atoms with Gasteiger partial charge in [0, 0.05) is 12.1 Å². The molecule has 1 aliphatic heterocycles. The van der Waals surface area contributed by atoms with Crippen LogP contribution >= 0.6 is 0 Å². The van der Waals surface area contributed by atoms with Crippen molar-refractivity contribution in [2.24, 2.45) is 5.92 Å². The van der Waals surface area contributed by atoms with Crippen molar-refractivity contribution < 1.29 is 14.3 Å². The molecule has 0 radical (unpaired) electrons. The fourth-order valence-electron chi connectivity index (χ4n) is 2.82. The van der Waals surface area contributed by atoms with Crippen LogP contribution in [-0.2, 0) is 9.53 Å². The molecule has 1 heterocycles. The summed E-state index contributed by atoms with van der Waals surface area (Å²) in [6, 6.07) is 5.62. The van der Waals surface area contributed by atoms with Crippen molar-refractivity contribution in [1.29, 1.82) is 0 Å². The number of benzene rings is 1. The molecule has 1 aromatic rings. The smallest absolute Gasteiger partial charge is 0.308 e. The van der Waals surface area contributed by atoms with Gasteiger partial charge in [-0.25, -0.2) is 0 Å². The van der Waals surface area contributed by atoms with Crippen LogP contribution < -0.4 is 0 Å². The third-order valence-electron chi connectivity index (χ3n) is 3.66. The first-order valence-corrected chi connectivity index (χ1v) is 7.51. The number of nitrogens with zero attached hydrogens (tertiary/aromatic N) is 1. The van der Waals surface area contributed by atoms with Crippen LogP contribution in [0, 0.1) is 12.8 Å². The molecular weight excluding hydrogens is 266 g/mol. The molecule has 21 heavy (non-hydrogen) atoms. The van der Waals surface area contributed by atoms with Gasteiger partial charge in [0.25, 0.3) is 5.91 Å². The number of hydrogen-bond acceptors (Lipinski definition) is 3. The Bertz CT molecular complexity index is 551. The summed E-state index contributed by atoms with van der Waals surface area (Å²) in [7, 11) is 0. The lowest BCUT2D eigenvalue weighted by atomic mass is 9.99. The zero-order valence-electron chi connectivity index (χ0n) is 13.2. The van der Waals surface area contributed by atoms with Crippen LogP contribution in [0.2, 0.25) is 0 Å². The van der Waals surface area contributed by atoms with Crippen molar-refractivity contribution in [3.63, 3.8) is 0 Å². The average Bonchev–Trinajstić information content (AvgIpc) is 2.64. The monoisotopic (exact) mass is 289 g/mol. The van der Waals surface area contributed by atoms with Gasteiger partial charge >= 0.3 is 5.97 Å². The fraction of sp³-hybridized carbons (Fsp3) is 0.529. The summed E-state index contributed by atoms with van der Waals surface area (Å²) in [5, 5.41) is 0. The summed E-state index contributed by atoms with van der Waals surface area (Å²) in [6.07, 6.45) is 0.225. The molecule has 0 fully saturated rings. The Morgan fingerprint density at radius 3 is 2.71 bits per heavy atom. The summed E-state index contributed by atoms with van der Waals surface area (Å²) in [5.74, 6) is 0.125. The molecule has 2 rings (SSSR count). The lowest BCUT2D eigenvalue weighted by molar-refractivity contribution is -0.144. The maximum Gasteiger partial charge on any atom is 0.308 e. The Labute approximate surface area is 126 Å². The Balaban J connectivity index is 2.34. The quantitative estimate of drug-likeness (QED) is 0.782. The molecule has 0 aliphatic carbocycles. The van der Waals surface area contributed by atoms with Crippen molar-refractivity contribution in [1.82, 2.24) is 4.90 Å². The van der Waals surface area contributed by atoms with Crippen LogP contribution in [0.15, 0.2) is 18.2 Å². The van der Waals surface area contributed by atoms with Crippen LogP contribution in [-0.4, -0.2) is 29.9 Å². The van der Waals surface area contributed by atoms with Crippen molar-refractivity contribution in [2.75, 3.05) is 13.2 Å². The average molecular weight is 289 g/mol. The first-order valence-electron chi connectivity index (χ1n) is 7.51. The molecule has 1 unspecified atom stereocenters. The maximum absolute atomic E-state index is 12.6. The van der Waals surface area contributed by atoms with Gasteiger partial charge in [-0.15, -0.1) is 0 Å². The molecule has 0 spiro atoms. The van der Waals surface area contributed by atoms with E-state index in [2.05, 4.69) is 13.8 Å². The van der Waals surface area contributed by atoms with Gasteiger partial charge in [0.1, 0.15) is 0 Å². The minimum atomic E-state index is -0.251. The topological polar surface area (TPSA) is 46.6 Å². The summed E-state index contributed by atoms with van der Waals surface area (Å²) in [4.78, 5) is 26.2. The third kappa shape index (κ3) is 3.26. The zero-order valence-corrected chi connectivity index (χ0v) is 13.2. The molecule has 4 nitrogen and oxygen atoms in total. The molecule has 1 atom stereocenters. The zero-order chi connectivity index (χ0) is 15.6. The van der Waals surface area contributed by atoms with Gasteiger partial charge < -0.3 is 9.64 Å². The van der Waals surface area contributed by atoms with E-state index in [1.165, 1.54) is 0 Å². The summed E-state index contributed by atoms with van der Waals surface area (Å²) >= 11 is 0. The molecular formula is C17H23NO3. The number of aryl methyl sites for hydroxylation is 1. The SMILES string of the molecule is CCOC(=O)CC1c2cc(C)ccc2C(=O)N1CC(C)C. The summed E-state index contributed by atoms with van der Waals surface area (Å²) in [6.45, 7) is 8.95. The van der Waals surface area contributed by atoms with Gasteiger partial charge in [0.2, 0.25) is 0 Å². The van der Waals surface area contributed by atoms with Crippen LogP contribution in [0.25, 0.3) is 0 Å². The molecule has 0 bridgehead atoms. The predicted octanol–water partition coefficient (Wildman–Crippen LogP) is 3.10. The highest BCUT2D eigenvalue weighted by atomic mass is 16.5. The normalized spacial score (nSPS) is 17.3. The maximum atomic E-state index is 12.6. The number of amides is 1. The second-order valence-electron chi connectivity index (χ2n) is 5.97. The lowest BCUT2D eigenvalue weighted by Gasteiger charge is -2.26. The highest BCUT2D eigenvalue weighted by molar-refractivity contribution is 5.99. The number of carbonyl (C=O) groups is 2. The molecule has 0 saturated heterocycles. The molecule has 1 amide bonds. The first kappa shape index (κ1) is 15.5. The Morgan fingerprint density at radius 2 is 2.10 bits per heavy atom. The van der Waals surface area contributed by atoms with Gasteiger partial charge in [-0.2, -0.15) is 0 Å². The van der Waals surface area contributed by atoms with Crippen LogP contribution in [0.5, 0.6) is 0 Å². The van der Waals surface area contributed by atoms with Gasteiger partial charge in [-0.1, -0.05) is 31.5 Å². The predicted molar refractivity (Wildman–Crippen MR) is 81.0 cm³/mol. The number of rotatable bonds is 5. The second kappa shape index (κ2) is 6.29. The number of hydrogen-bond donors (Lipinski definition) is 0. The number of carbonyl (C=O) groups excluding carboxylic acids is 2. The first-order chi connectivity index (χ1) is 9.93. The Kier molecular flexibility index (Phi) is 4.66. The largest absolute Gasteiger partial charge is 0.466 e. The number of ether oxygens (including phenoxy) is 1. The van der Waals surface area contributed by atoms with E-state index in [0.29, 0.717) is 19.1 Å². The Hall–Kier alpha value is -1.84. The van der Waals surface area contributed by atoms with E-state index in [1.54, 1.807) is 6.92 Å². The van der Waals surface area contributed by atoms with E-state index in [0.717, 1.165) is 16.7 Å². The number of fused-ring (bicyclic) bond motifs is 1. The molecule has 0 saturated carbocycles. The highest BCUT2D eigenvalue weighted by Crippen LogP contribution is 2.37. The van der Waals surface area contributed by atoms with Gasteiger partial charge in [-0.05, 0) is 31.4 Å². The minimum Gasteiger partial charge on any atom is -0.466 e. The van der Waals surface area contributed by atoms with Crippen molar-refractivity contribution in [3.05, 3.63) is 34.9 Å². The minimum absolute atomic E-state index is 0.0213. The molecule has 0 N–H and O–H groups in total. The van der Waals surface area contributed by atoms with Crippen LogP contribution in [0.4, 0.5) is 0 Å². The summed E-state index contributed by atoms with van der Waals surface area (Å²) in [5.41, 5.74) is 2.77. The Morgan fingerprint density at radius 1 is 1.38 bits per heavy atom. The molecule has 4 heteroatoms. The summed E-state index contributed by atoms with van der Waals surface area (Å²) < 4.78 is 5.06. The van der Waals surface area contributed by atoms with E-state index < -0.39 is 0 Å². The standard InChI is InChI=1S/C17H23NO3/c1-5-21-16(19)9-15-14-8-12(4)6-7-13(14)17(20)18(15)10-11(2)3/h6-8,11,15H,5,9-10H2,1-4H3. The molecule has 114 valence electrons. The van der Waals surface area contributed by atoms with E-state index in [9.17, 15) is 9.59 Å². The molecule has 1 aromatic carbocycles. The van der Waals surface area contributed by atoms with Gasteiger partial charge in [0.05, 0.1) is 19.1 Å². The molecule has 0 aromatic heterocycles. The van der Waals surface area contributed by atoms with Crippen molar-refractivity contribution in [2.45, 2.75) is 40.2 Å². The molecule has 1 aliphatic rings. The van der Waals surface area contributed by atoms with E-state index >= 15 is 0 Å². The van der Waals surface area contributed by atoms with E-state index in [1.807, 2.05) is 30.0 Å². The van der Waals surface area contributed by atoms with Gasteiger partial charge in [-0.3, -0.25) is 9.59 Å². The van der Waals surface area contributed by atoms with Crippen molar-refractivity contribution >= 4 is 11.9 Å². The fourth-order valence-corrected chi connectivity index (χ4v) is 2.82. The van der Waals surface area contributed by atoms with E-state index in [-0.39, 0.29) is 24.3 Å². The highest BCUT2D eigenvalue weighted by Gasteiger charge is 2.38.